The Morgan fingerprint density at radius 3 is 1.38 bits per heavy atom. The van der Waals surface area contributed by atoms with Gasteiger partial charge < -0.3 is 15.3 Å². The van der Waals surface area contributed by atoms with Crippen molar-refractivity contribution in [2.75, 3.05) is 0 Å². The van der Waals surface area contributed by atoms with E-state index in [-0.39, 0.29) is 11.5 Å². The fourth-order valence-corrected chi connectivity index (χ4v) is 3.81. The summed E-state index contributed by atoms with van der Waals surface area (Å²) < 4.78 is 0. The van der Waals surface area contributed by atoms with Crippen LogP contribution in [0, 0.1) is 13.8 Å². The van der Waals surface area contributed by atoms with Crippen LogP contribution in [0.5, 0.6) is 17.2 Å². The van der Waals surface area contributed by atoms with E-state index in [9.17, 15) is 15.3 Å². The molecule has 0 spiro atoms. The van der Waals surface area contributed by atoms with Crippen LogP contribution in [0.15, 0.2) is 60.7 Å². The molecule has 0 aliphatic carbocycles. The molecule has 0 saturated carbocycles. The largest absolute Gasteiger partial charge is 0.508 e. The van der Waals surface area contributed by atoms with Gasteiger partial charge in [-0.25, -0.2) is 0 Å². The van der Waals surface area contributed by atoms with E-state index < -0.39 is 5.41 Å². The molecule has 0 heterocycles. The van der Waals surface area contributed by atoms with Gasteiger partial charge in [0.25, 0.3) is 0 Å². The summed E-state index contributed by atoms with van der Waals surface area (Å²) in [6.07, 6.45) is 0.784. The molecule has 3 heteroatoms. The van der Waals surface area contributed by atoms with Crippen LogP contribution in [0.3, 0.4) is 0 Å². The van der Waals surface area contributed by atoms with Crippen molar-refractivity contribution < 1.29 is 15.3 Å². The maximum Gasteiger partial charge on any atom is 0.121 e. The van der Waals surface area contributed by atoms with Crippen LogP contribution in [-0.2, 0) is 5.41 Å². The second kappa shape index (κ2) is 6.75. The Kier molecular flexibility index (Phi) is 4.64. The van der Waals surface area contributed by atoms with Crippen molar-refractivity contribution >= 4 is 0 Å². The van der Waals surface area contributed by atoms with Gasteiger partial charge in [0.2, 0.25) is 0 Å². The molecule has 3 nitrogen and oxygen atoms in total. The Bertz CT molecular complexity index is 841. The molecule has 0 bridgehead atoms. The van der Waals surface area contributed by atoms with Crippen molar-refractivity contribution in [2.24, 2.45) is 0 Å². The minimum Gasteiger partial charge on any atom is -0.508 e. The molecule has 0 atom stereocenters. The highest BCUT2D eigenvalue weighted by Crippen LogP contribution is 2.44. The molecule has 0 amide bonds. The van der Waals surface area contributed by atoms with Crippen LogP contribution in [-0.4, -0.2) is 15.3 Å². The molecule has 134 valence electrons. The Morgan fingerprint density at radius 2 is 1.04 bits per heavy atom. The topological polar surface area (TPSA) is 60.7 Å². The van der Waals surface area contributed by atoms with Crippen molar-refractivity contribution in [3.8, 4) is 17.2 Å². The van der Waals surface area contributed by atoms with Crippen molar-refractivity contribution in [1.29, 1.82) is 0 Å². The van der Waals surface area contributed by atoms with Crippen LogP contribution in [0.2, 0.25) is 0 Å². The lowest BCUT2D eigenvalue weighted by Crippen LogP contribution is -2.28. The number of phenols is 3. The number of phenolic OH excluding ortho intramolecular Hbond substituents is 3. The molecule has 26 heavy (non-hydrogen) atoms. The molecule has 0 unspecified atom stereocenters. The first kappa shape index (κ1) is 17.9. The van der Waals surface area contributed by atoms with Crippen LogP contribution in [0.1, 0.15) is 41.2 Å². The zero-order valence-corrected chi connectivity index (χ0v) is 15.3. The number of rotatable bonds is 4. The summed E-state index contributed by atoms with van der Waals surface area (Å²) in [5.74, 6) is 0.764. The molecule has 3 aromatic rings. The third-order valence-electron chi connectivity index (χ3n) is 5.23. The SMILES string of the molecule is CCC(c1ccc(O)cc1)(c1ccc(O)cc1)c1cc(C)c(O)c(C)c1. The van der Waals surface area contributed by atoms with Gasteiger partial charge in [0.1, 0.15) is 17.2 Å². The first-order chi connectivity index (χ1) is 12.4. The number of hydrogen-bond acceptors (Lipinski definition) is 3. The highest BCUT2D eigenvalue weighted by molar-refractivity contribution is 5.55. The highest BCUT2D eigenvalue weighted by Gasteiger charge is 2.35. The van der Waals surface area contributed by atoms with Gasteiger partial charge >= 0.3 is 0 Å². The van der Waals surface area contributed by atoms with Crippen molar-refractivity contribution in [2.45, 2.75) is 32.6 Å². The fourth-order valence-electron chi connectivity index (χ4n) is 3.81. The van der Waals surface area contributed by atoms with Crippen molar-refractivity contribution in [3.63, 3.8) is 0 Å². The average molecular weight is 348 g/mol. The lowest BCUT2D eigenvalue weighted by molar-refractivity contribution is 0.465. The predicted molar refractivity (Wildman–Crippen MR) is 104 cm³/mol. The zero-order valence-electron chi connectivity index (χ0n) is 15.3. The Balaban J connectivity index is 2.34. The van der Waals surface area contributed by atoms with Crippen molar-refractivity contribution in [3.05, 3.63) is 88.5 Å². The van der Waals surface area contributed by atoms with Crippen LogP contribution in [0.25, 0.3) is 0 Å². The van der Waals surface area contributed by atoms with E-state index in [1.165, 1.54) is 0 Å². The minimum absolute atomic E-state index is 0.225. The Labute approximate surface area is 154 Å². The maximum absolute atomic E-state index is 10.2. The molecule has 0 aromatic heterocycles. The lowest BCUT2D eigenvalue weighted by atomic mass is 9.67. The number of benzene rings is 3. The molecule has 0 saturated heterocycles. The fraction of sp³-hybridized carbons (Fsp3) is 0.217. The predicted octanol–water partition coefficient (Wildman–Crippen LogP) is 5.16. The van der Waals surface area contributed by atoms with Gasteiger partial charge in [-0.2, -0.15) is 0 Å². The van der Waals surface area contributed by atoms with Crippen LogP contribution >= 0.6 is 0 Å². The third kappa shape index (κ3) is 2.90. The summed E-state index contributed by atoms with van der Waals surface area (Å²) in [4.78, 5) is 0. The first-order valence-corrected chi connectivity index (χ1v) is 8.78. The van der Waals surface area contributed by atoms with E-state index in [1.807, 2.05) is 50.2 Å². The standard InChI is InChI=1S/C23H24O3/c1-4-23(17-5-9-20(24)10-6-17,18-7-11-21(25)12-8-18)19-13-15(2)22(26)16(3)14-19/h5-14,24-26H,4H2,1-3H3. The van der Waals surface area contributed by atoms with E-state index in [4.69, 9.17) is 0 Å². The summed E-state index contributed by atoms with van der Waals surface area (Å²) in [7, 11) is 0. The molecule has 3 aromatic carbocycles. The second-order valence-electron chi connectivity index (χ2n) is 6.81. The molecule has 3 rings (SSSR count). The summed E-state index contributed by atoms with van der Waals surface area (Å²) in [5, 5.41) is 29.7. The highest BCUT2D eigenvalue weighted by atomic mass is 16.3. The molecule has 0 aliphatic heterocycles. The van der Waals surface area contributed by atoms with Gasteiger partial charge in [-0.3, -0.25) is 0 Å². The molecular weight excluding hydrogens is 324 g/mol. The molecule has 0 radical (unpaired) electrons. The van der Waals surface area contributed by atoms with Gasteiger partial charge in [0, 0.05) is 5.41 Å². The molecule has 3 N–H and O–H groups in total. The molecular formula is C23H24O3. The summed E-state index contributed by atoms with van der Waals surface area (Å²) in [5.41, 5.74) is 4.38. The quantitative estimate of drug-likeness (QED) is 0.570. The van der Waals surface area contributed by atoms with E-state index in [0.29, 0.717) is 5.75 Å². The van der Waals surface area contributed by atoms with Gasteiger partial charge in [-0.1, -0.05) is 43.3 Å². The first-order valence-electron chi connectivity index (χ1n) is 8.78. The summed E-state index contributed by atoms with van der Waals surface area (Å²) in [6.45, 7) is 5.93. The third-order valence-corrected chi connectivity index (χ3v) is 5.23. The Morgan fingerprint density at radius 1 is 0.654 bits per heavy atom. The number of aromatic hydroxyl groups is 3. The average Bonchev–Trinajstić information content (AvgIpc) is 2.63. The van der Waals surface area contributed by atoms with Gasteiger partial charge in [-0.15, -0.1) is 0 Å². The summed E-state index contributed by atoms with van der Waals surface area (Å²) >= 11 is 0. The maximum atomic E-state index is 10.2. The van der Waals surface area contributed by atoms with Crippen LogP contribution in [0.4, 0.5) is 0 Å². The van der Waals surface area contributed by atoms with E-state index in [0.717, 1.165) is 34.2 Å². The normalized spacial score (nSPS) is 11.5. The zero-order chi connectivity index (χ0) is 18.9. The summed E-state index contributed by atoms with van der Waals surface area (Å²) in [6, 6.07) is 18.6. The lowest BCUT2D eigenvalue weighted by Gasteiger charge is -2.36. The van der Waals surface area contributed by atoms with E-state index in [1.54, 1.807) is 24.3 Å². The van der Waals surface area contributed by atoms with E-state index in [2.05, 4.69) is 6.92 Å². The monoisotopic (exact) mass is 348 g/mol. The van der Waals surface area contributed by atoms with Gasteiger partial charge in [0.15, 0.2) is 0 Å². The Hall–Kier alpha value is -2.94. The second-order valence-corrected chi connectivity index (χ2v) is 6.81. The number of aryl methyl sites for hydroxylation is 2. The van der Waals surface area contributed by atoms with Gasteiger partial charge in [0.05, 0.1) is 0 Å². The minimum atomic E-state index is -0.454. The number of hydrogen-bond donors (Lipinski definition) is 3. The van der Waals surface area contributed by atoms with Gasteiger partial charge in [-0.05, 0) is 72.4 Å². The van der Waals surface area contributed by atoms with Crippen molar-refractivity contribution in [1.82, 2.24) is 0 Å². The smallest absolute Gasteiger partial charge is 0.121 e. The molecule has 0 aliphatic rings. The van der Waals surface area contributed by atoms with E-state index >= 15 is 0 Å². The molecule has 0 fully saturated rings. The van der Waals surface area contributed by atoms with Crippen LogP contribution < -0.4 is 0 Å².